The van der Waals surface area contributed by atoms with Crippen LogP contribution in [0.3, 0.4) is 0 Å². The van der Waals surface area contributed by atoms with Crippen molar-refractivity contribution < 1.29 is 14.5 Å². The van der Waals surface area contributed by atoms with Crippen LogP contribution in [0.1, 0.15) is 16.8 Å². The van der Waals surface area contributed by atoms with E-state index in [1.165, 1.54) is 12.1 Å². The van der Waals surface area contributed by atoms with E-state index >= 15 is 0 Å². The Morgan fingerprint density at radius 3 is 2.71 bits per heavy atom. The summed E-state index contributed by atoms with van der Waals surface area (Å²) in [6.45, 7) is 1.83. The first-order valence-electron chi connectivity index (χ1n) is 10.5. The van der Waals surface area contributed by atoms with Crippen LogP contribution in [0.5, 0.6) is 5.75 Å². The predicted molar refractivity (Wildman–Crippen MR) is 131 cm³/mol. The third kappa shape index (κ3) is 5.94. The zero-order chi connectivity index (χ0) is 24.7. The Hall–Kier alpha value is -3.83. The molecule has 12 heteroatoms. The lowest BCUT2D eigenvalue weighted by Crippen LogP contribution is -2.29. The van der Waals surface area contributed by atoms with Crippen molar-refractivity contribution in [2.75, 3.05) is 37.8 Å². The molecule has 0 aliphatic carbocycles. The van der Waals surface area contributed by atoms with E-state index in [2.05, 4.69) is 15.6 Å². The van der Waals surface area contributed by atoms with E-state index in [1.54, 1.807) is 25.4 Å². The number of amides is 1. The van der Waals surface area contributed by atoms with Gasteiger partial charge in [-0.25, -0.2) is 4.98 Å². The molecule has 0 saturated heterocycles. The zero-order valence-corrected chi connectivity index (χ0v) is 19.3. The van der Waals surface area contributed by atoms with Crippen LogP contribution in [0.25, 0.3) is 11.1 Å². The number of ether oxygens (including phenoxy) is 1. The lowest BCUT2D eigenvalue weighted by atomic mass is 10.0. The lowest BCUT2D eigenvalue weighted by Gasteiger charge is -2.10. The number of halogens is 1. The maximum atomic E-state index is 12.8. The molecule has 3 rings (SSSR count). The van der Waals surface area contributed by atoms with Gasteiger partial charge >= 0.3 is 5.69 Å². The molecule has 0 radical (unpaired) electrons. The molecular weight excluding hydrogens is 462 g/mol. The molecule has 3 aromatic rings. The summed E-state index contributed by atoms with van der Waals surface area (Å²) in [6.07, 6.45) is 4.34. The van der Waals surface area contributed by atoms with Crippen LogP contribution in [-0.4, -0.2) is 47.1 Å². The van der Waals surface area contributed by atoms with Crippen LogP contribution in [0.4, 0.5) is 17.3 Å². The molecular formula is C22H26ClN7O4. The van der Waals surface area contributed by atoms with E-state index in [0.29, 0.717) is 60.3 Å². The van der Waals surface area contributed by atoms with Gasteiger partial charge in [-0.05, 0) is 30.7 Å². The molecule has 1 aromatic carbocycles. The molecule has 180 valence electrons. The average molecular weight is 488 g/mol. The Labute approximate surface area is 201 Å². The van der Waals surface area contributed by atoms with Gasteiger partial charge in [0.05, 0.1) is 17.6 Å². The summed E-state index contributed by atoms with van der Waals surface area (Å²) < 4.78 is 7.39. The molecule has 0 bridgehead atoms. The van der Waals surface area contributed by atoms with Crippen molar-refractivity contribution >= 4 is 34.8 Å². The molecule has 6 N–H and O–H groups in total. The monoisotopic (exact) mass is 487 g/mol. The van der Waals surface area contributed by atoms with Crippen LogP contribution in [0, 0.1) is 10.1 Å². The summed E-state index contributed by atoms with van der Waals surface area (Å²) in [5.41, 5.74) is 12.9. The summed E-state index contributed by atoms with van der Waals surface area (Å²) in [5.74, 6) is 0.626. The topological polar surface area (TPSA) is 163 Å². The normalized spacial score (nSPS) is 10.7. The number of aryl methyl sites for hydroxylation is 1. The number of rotatable bonds is 11. The van der Waals surface area contributed by atoms with Crippen molar-refractivity contribution in [2.45, 2.75) is 13.0 Å². The third-order valence-corrected chi connectivity index (χ3v) is 5.24. The van der Waals surface area contributed by atoms with Crippen molar-refractivity contribution in [2.24, 2.45) is 5.73 Å². The van der Waals surface area contributed by atoms with Crippen molar-refractivity contribution in [1.82, 2.24) is 14.9 Å². The average Bonchev–Trinajstić information content (AvgIpc) is 3.24. The van der Waals surface area contributed by atoms with Gasteiger partial charge in [0, 0.05) is 60.8 Å². The minimum Gasteiger partial charge on any atom is -0.496 e. The van der Waals surface area contributed by atoms with Gasteiger partial charge < -0.3 is 31.4 Å². The van der Waals surface area contributed by atoms with E-state index < -0.39 is 4.92 Å². The summed E-state index contributed by atoms with van der Waals surface area (Å²) in [6, 6.07) is 8.07. The molecule has 11 nitrogen and oxygen atoms in total. The van der Waals surface area contributed by atoms with Crippen LogP contribution in [0.15, 0.2) is 42.7 Å². The molecule has 0 aliphatic heterocycles. The molecule has 2 heterocycles. The molecule has 0 saturated carbocycles. The molecule has 0 atom stereocenters. The summed E-state index contributed by atoms with van der Waals surface area (Å²) in [5, 5.41) is 17.3. The molecule has 0 unspecified atom stereocenters. The largest absolute Gasteiger partial charge is 0.496 e. The molecule has 0 aliphatic rings. The number of aromatic nitrogens is 2. The number of nitrogens with two attached hydrogens (primary N) is 2. The number of pyridine rings is 1. The number of carbonyl (C=O) groups excluding carboxylic acids is 1. The Balaban J connectivity index is 1.74. The Kier molecular flexibility index (Phi) is 8.28. The second-order valence-corrected chi connectivity index (χ2v) is 7.79. The van der Waals surface area contributed by atoms with E-state index in [0.717, 1.165) is 5.56 Å². The van der Waals surface area contributed by atoms with Crippen LogP contribution < -0.4 is 26.8 Å². The Morgan fingerprint density at radius 1 is 1.24 bits per heavy atom. The van der Waals surface area contributed by atoms with Gasteiger partial charge in [-0.3, -0.25) is 14.9 Å². The first kappa shape index (κ1) is 24.8. The van der Waals surface area contributed by atoms with Gasteiger partial charge in [0.25, 0.3) is 5.91 Å². The number of nitro groups is 1. The molecule has 34 heavy (non-hydrogen) atoms. The minimum absolute atomic E-state index is 0.143. The number of carbonyl (C=O) groups is 1. The number of benzene rings is 1. The van der Waals surface area contributed by atoms with Crippen molar-refractivity contribution in [3.63, 3.8) is 0 Å². The quantitative estimate of drug-likeness (QED) is 0.182. The fraction of sp³-hybridized carbons (Fsp3) is 0.273. The molecule has 0 fully saturated rings. The number of anilines is 2. The number of hydrogen-bond donors (Lipinski definition) is 4. The Bertz CT molecular complexity index is 1180. The first-order valence-corrected chi connectivity index (χ1v) is 10.9. The van der Waals surface area contributed by atoms with Crippen LogP contribution >= 0.6 is 11.6 Å². The van der Waals surface area contributed by atoms with Gasteiger partial charge in [-0.15, -0.1) is 0 Å². The van der Waals surface area contributed by atoms with E-state index in [9.17, 15) is 14.9 Å². The second-order valence-electron chi connectivity index (χ2n) is 7.35. The summed E-state index contributed by atoms with van der Waals surface area (Å²) in [4.78, 5) is 27.1. The summed E-state index contributed by atoms with van der Waals surface area (Å²) >= 11 is 6.10. The van der Waals surface area contributed by atoms with Crippen molar-refractivity contribution in [3.05, 3.63) is 63.4 Å². The highest BCUT2D eigenvalue weighted by atomic mass is 35.5. The number of nitrogens with zero attached hydrogens (tertiary/aromatic N) is 3. The smallest absolute Gasteiger partial charge is 0.311 e. The maximum Gasteiger partial charge on any atom is 0.311 e. The summed E-state index contributed by atoms with van der Waals surface area (Å²) in [7, 11) is 1.55. The second kappa shape index (κ2) is 11.3. The van der Waals surface area contributed by atoms with E-state index in [-0.39, 0.29) is 17.4 Å². The van der Waals surface area contributed by atoms with Crippen molar-refractivity contribution in [3.8, 4) is 16.9 Å². The van der Waals surface area contributed by atoms with E-state index in [4.69, 9.17) is 27.8 Å². The predicted octanol–water partition coefficient (Wildman–Crippen LogP) is 2.89. The molecule has 1 amide bonds. The fourth-order valence-corrected chi connectivity index (χ4v) is 3.56. The number of nitrogen functional groups attached to an aromatic ring is 1. The molecule has 0 spiro atoms. The van der Waals surface area contributed by atoms with Crippen molar-refractivity contribution in [1.29, 1.82) is 0 Å². The number of hydrogen-bond acceptors (Lipinski definition) is 8. The van der Waals surface area contributed by atoms with Gasteiger partial charge in [0.1, 0.15) is 11.6 Å². The lowest BCUT2D eigenvalue weighted by molar-refractivity contribution is -0.384. The SMILES string of the molecule is COc1cc(Cl)ccc1-c1cn(CCCNc2ccc([N+](=O)[O-])c(N)n2)cc1C(=O)NCCN. The number of methoxy groups -OCH3 is 1. The van der Waals surface area contributed by atoms with Crippen LogP contribution in [0.2, 0.25) is 5.02 Å². The highest BCUT2D eigenvalue weighted by Gasteiger charge is 2.19. The van der Waals surface area contributed by atoms with Gasteiger partial charge in [0.2, 0.25) is 5.82 Å². The van der Waals surface area contributed by atoms with Gasteiger partial charge in [-0.2, -0.15) is 0 Å². The number of nitrogens with one attached hydrogen (secondary N) is 2. The van der Waals surface area contributed by atoms with E-state index in [1.807, 2.05) is 16.8 Å². The van der Waals surface area contributed by atoms with Gasteiger partial charge in [0.15, 0.2) is 0 Å². The Morgan fingerprint density at radius 2 is 2.03 bits per heavy atom. The van der Waals surface area contributed by atoms with Gasteiger partial charge in [-0.1, -0.05) is 11.6 Å². The first-order chi connectivity index (χ1) is 16.3. The molecule has 2 aromatic heterocycles. The fourth-order valence-electron chi connectivity index (χ4n) is 3.40. The highest BCUT2D eigenvalue weighted by Crippen LogP contribution is 2.35. The highest BCUT2D eigenvalue weighted by molar-refractivity contribution is 6.30. The zero-order valence-electron chi connectivity index (χ0n) is 18.6. The standard InChI is InChI=1S/C22H26ClN7O4/c1-34-19-11-14(23)3-4-15(19)16-12-29(13-17(16)22(31)27-9-7-24)10-2-8-26-20-6-5-18(30(32)33)21(25)28-20/h3-6,11-13H,2,7-10,24H2,1H3,(H,27,31)(H3,25,26,28). The third-order valence-electron chi connectivity index (χ3n) is 5.01. The maximum absolute atomic E-state index is 12.8. The van der Waals surface area contributed by atoms with Crippen LogP contribution in [-0.2, 0) is 6.54 Å². The minimum atomic E-state index is -0.577.